The van der Waals surface area contributed by atoms with Crippen molar-refractivity contribution >= 4 is 5.78 Å². The van der Waals surface area contributed by atoms with Crippen molar-refractivity contribution in [1.29, 1.82) is 0 Å². The molecule has 0 aromatic heterocycles. The third-order valence-electron chi connectivity index (χ3n) is 3.89. The molecular formula is C14H23NO. The van der Waals surface area contributed by atoms with Gasteiger partial charge in [0.2, 0.25) is 0 Å². The van der Waals surface area contributed by atoms with Crippen molar-refractivity contribution < 1.29 is 4.79 Å². The van der Waals surface area contributed by atoms with Gasteiger partial charge in [0.25, 0.3) is 0 Å². The molecule has 0 heterocycles. The van der Waals surface area contributed by atoms with Crippen molar-refractivity contribution in [2.45, 2.75) is 64.3 Å². The number of allylic oxidation sites excluding steroid dienone is 1. The summed E-state index contributed by atoms with van der Waals surface area (Å²) in [5.74, 6) is 1.04. The van der Waals surface area contributed by atoms with Gasteiger partial charge in [-0.2, -0.15) is 0 Å². The van der Waals surface area contributed by atoms with Crippen molar-refractivity contribution in [3.8, 4) is 0 Å². The molecule has 1 atom stereocenters. The maximum absolute atomic E-state index is 11.7. The van der Waals surface area contributed by atoms with Crippen LogP contribution in [0.2, 0.25) is 0 Å². The summed E-state index contributed by atoms with van der Waals surface area (Å²) in [6, 6.07) is 0.617. The van der Waals surface area contributed by atoms with Gasteiger partial charge in [0.1, 0.15) is 0 Å². The van der Waals surface area contributed by atoms with Crippen LogP contribution in [0.3, 0.4) is 0 Å². The van der Waals surface area contributed by atoms with Crippen molar-refractivity contribution in [3.63, 3.8) is 0 Å². The maximum atomic E-state index is 11.7. The van der Waals surface area contributed by atoms with Crippen LogP contribution in [0.25, 0.3) is 0 Å². The van der Waals surface area contributed by atoms with Crippen LogP contribution in [-0.4, -0.2) is 11.8 Å². The van der Waals surface area contributed by atoms with E-state index in [1.807, 2.05) is 6.20 Å². The largest absolute Gasteiger partial charge is 0.388 e. The van der Waals surface area contributed by atoms with Crippen LogP contribution in [0, 0.1) is 5.92 Å². The standard InChI is InChI=1S/C14H23NO/c1-11-7-8-14(16)12(9-11)10-15-13-5-3-2-4-6-13/h10-11,13,15H,2-9H2,1H3. The minimum Gasteiger partial charge on any atom is -0.388 e. The van der Waals surface area contributed by atoms with Gasteiger partial charge >= 0.3 is 0 Å². The fourth-order valence-electron chi connectivity index (χ4n) is 2.76. The van der Waals surface area contributed by atoms with E-state index in [9.17, 15) is 4.79 Å². The molecule has 2 aliphatic rings. The van der Waals surface area contributed by atoms with E-state index >= 15 is 0 Å². The Hall–Kier alpha value is -0.790. The summed E-state index contributed by atoms with van der Waals surface area (Å²) in [6.07, 6.45) is 11.4. The van der Waals surface area contributed by atoms with E-state index in [1.165, 1.54) is 32.1 Å². The van der Waals surface area contributed by atoms with Crippen LogP contribution < -0.4 is 5.32 Å². The minimum absolute atomic E-state index is 0.362. The Labute approximate surface area is 98.5 Å². The number of ketones is 1. The number of Topliss-reactive ketones (excluding diaryl/α,β-unsaturated/α-hetero) is 1. The van der Waals surface area contributed by atoms with E-state index in [4.69, 9.17) is 0 Å². The van der Waals surface area contributed by atoms with Gasteiger partial charge in [0.15, 0.2) is 5.78 Å². The highest BCUT2D eigenvalue weighted by molar-refractivity contribution is 5.95. The summed E-state index contributed by atoms with van der Waals surface area (Å²) < 4.78 is 0. The van der Waals surface area contributed by atoms with E-state index in [-0.39, 0.29) is 0 Å². The minimum atomic E-state index is 0.362. The summed E-state index contributed by atoms with van der Waals surface area (Å²) in [4.78, 5) is 11.7. The zero-order chi connectivity index (χ0) is 11.4. The zero-order valence-electron chi connectivity index (χ0n) is 10.3. The topological polar surface area (TPSA) is 29.1 Å². The first-order valence-electron chi connectivity index (χ1n) is 6.74. The molecule has 1 unspecified atom stereocenters. The van der Waals surface area contributed by atoms with Crippen LogP contribution in [0.1, 0.15) is 58.3 Å². The predicted octanol–water partition coefficient (Wildman–Crippen LogP) is 3.18. The molecule has 0 aliphatic heterocycles. The van der Waals surface area contributed by atoms with Gasteiger partial charge in [-0.05, 0) is 31.6 Å². The number of nitrogens with one attached hydrogen (secondary N) is 1. The van der Waals surface area contributed by atoms with Crippen molar-refractivity contribution in [1.82, 2.24) is 5.32 Å². The van der Waals surface area contributed by atoms with Gasteiger partial charge in [0, 0.05) is 24.2 Å². The molecule has 2 heteroatoms. The lowest BCUT2D eigenvalue weighted by molar-refractivity contribution is -0.117. The highest BCUT2D eigenvalue weighted by Gasteiger charge is 2.20. The Morgan fingerprint density at radius 2 is 1.94 bits per heavy atom. The molecule has 0 saturated heterocycles. The summed E-state index contributed by atoms with van der Waals surface area (Å²) in [5.41, 5.74) is 1.03. The first-order chi connectivity index (χ1) is 7.75. The van der Waals surface area contributed by atoms with Crippen LogP contribution in [-0.2, 0) is 4.79 Å². The molecule has 0 radical (unpaired) electrons. The van der Waals surface area contributed by atoms with Crippen LogP contribution in [0.4, 0.5) is 0 Å². The molecule has 1 N–H and O–H groups in total. The van der Waals surface area contributed by atoms with Gasteiger partial charge in [-0.15, -0.1) is 0 Å². The van der Waals surface area contributed by atoms with Crippen LogP contribution in [0.15, 0.2) is 11.8 Å². The lowest BCUT2D eigenvalue weighted by Crippen LogP contribution is -2.28. The predicted molar refractivity (Wildman–Crippen MR) is 66.1 cm³/mol. The fourth-order valence-corrected chi connectivity index (χ4v) is 2.76. The van der Waals surface area contributed by atoms with E-state index in [0.717, 1.165) is 24.8 Å². The second-order valence-electron chi connectivity index (χ2n) is 5.44. The number of carbonyl (C=O) groups excluding carboxylic acids is 1. The van der Waals surface area contributed by atoms with Crippen molar-refractivity contribution in [2.24, 2.45) is 5.92 Å². The second-order valence-corrected chi connectivity index (χ2v) is 5.44. The second kappa shape index (κ2) is 5.51. The monoisotopic (exact) mass is 221 g/mol. The molecule has 0 aromatic rings. The van der Waals surface area contributed by atoms with E-state index in [2.05, 4.69) is 12.2 Å². The quantitative estimate of drug-likeness (QED) is 0.726. The molecular weight excluding hydrogens is 198 g/mol. The third kappa shape index (κ3) is 3.10. The van der Waals surface area contributed by atoms with Crippen LogP contribution >= 0.6 is 0 Å². The molecule has 0 bridgehead atoms. The van der Waals surface area contributed by atoms with Gasteiger partial charge in [-0.3, -0.25) is 4.79 Å². The molecule has 2 fully saturated rings. The summed E-state index contributed by atoms with van der Waals surface area (Å²) in [6.45, 7) is 2.24. The third-order valence-corrected chi connectivity index (χ3v) is 3.89. The SMILES string of the molecule is CC1CCC(=O)C(=CNC2CCCCC2)C1. The molecule has 0 aromatic carbocycles. The van der Waals surface area contributed by atoms with E-state index < -0.39 is 0 Å². The number of rotatable bonds is 2. The fraction of sp³-hybridized carbons (Fsp3) is 0.786. The lowest BCUT2D eigenvalue weighted by atomic mass is 9.86. The average Bonchev–Trinajstić information content (AvgIpc) is 2.32. The Kier molecular flexibility index (Phi) is 4.03. The summed E-state index contributed by atoms with van der Waals surface area (Å²) in [7, 11) is 0. The smallest absolute Gasteiger partial charge is 0.160 e. The van der Waals surface area contributed by atoms with E-state index in [1.54, 1.807) is 0 Å². The lowest BCUT2D eigenvalue weighted by Gasteiger charge is -2.24. The van der Waals surface area contributed by atoms with Crippen LogP contribution in [0.5, 0.6) is 0 Å². The first-order valence-corrected chi connectivity index (χ1v) is 6.74. The molecule has 2 nitrogen and oxygen atoms in total. The first kappa shape index (κ1) is 11.7. The molecule has 0 spiro atoms. The van der Waals surface area contributed by atoms with E-state index in [0.29, 0.717) is 17.7 Å². The Morgan fingerprint density at radius 1 is 1.19 bits per heavy atom. The van der Waals surface area contributed by atoms with Gasteiger partial charge in [-0.1, -0.05) is 26.2 Å². The van der Waals surface area contributed by atoms with Crippen molar-refractivity contribution in [2.75, 3.05) is 0 Å². The highest BCUT2D eigenvalue weighted by Crippen LogP contribution is 2.25. The molecule has 2 saturated carbocycles. The summed E-state index contributed by atoms with van der Waals surface area (Å²) in [5, 5.41) is 3.46. The Morgan fingerprint density at radius 3 is 2.69 bits per heavy atom. The highest BCUT2D eigenvalue weighted by atomic mass is 16.1. The molecule has 0 amide bonds. The average molecular weight is 221 g/mol. The normalized spacial score (nSPS) is 30.7. The summed E-state index contributed by atoms with van der Waals surface area (Å²) >= 11 is 0. The Bertz CT molecular complexity index is 276. The maximum Gasteiger partial charge on any atom is 0.160 e. The van der Waals surface area contributed by atoms with Gasteiger partial charge in [0.05, 0.1) is 0 Å². The van der Waals surface area contributed by atoms with Crippen molar-refractivity contribution in [3.05, 3.63) is 11.8 Å². The molecule has 2 rings (SSSR count). The molecule has 2 aliphatic carbocycles. The number of hydrogen-bond acceptors (Lipinski definition) is 2. The van der Waals surface area contributed by atoms with Gasteiger partial charge in [-0.25, -0.2) is 0 Å². The Balaban J connectivity index is 1.86. The van der Waals surface area contributed by atoms with Gasteiger partial charge < -0.3 is 5.32 Å². The molecule has 16 heavy (non-hydrogen) atoms. The zero-order valence-corrected chi connectivity index (χ0v) is 10.3. The number of hydrogen-bond donors (Lipinski definition) is 1. The molecule has 90 valence electrons. The number of carbonyl (C=O) groups is 1.